The van der Waals surface area contributed by atoms with E-state index in [1.165, 1.54) is 22.5 Å². The summed E-state index contributed by atoms with van der Waals surface area (Å²) in [5.74, 6) is 0. The molecule has 1 saturated heterocycles. The number of aliphatic hydroxyl groups is 1. The Bertz CT molecular complexity index is 648. The molecule has 0 spiro atoms. The molecule has 3 rings (SSSR count). The number of anilines is 2. The third-order valence-corrected chi connectivity index (χ3v) is 4.91. The molecule has 1 aliphatic heterocycles. The van der Waals surface area contributed by atoms with Crippen LogP contribution >= 0.6 is 0 Å². The second-order valence-electron chi connectivity index (χ2n) is 6.69. The zero-order chi connectivity index (χ0) is 16.8. The highest BCUT2D eigenvalue weighted by molar-refractivity contribution is 5.70. The molecule has 0 unspecified atom stereocenters. The van der Waals surface area contributed by atoms with Crippen molar-refractivity contribution in [2.75, 3.05) is 29.9 Å². The molecule has 0 bridgehead atoms. The number of nitrogens with zero attached hydrogens (tertiary/aromatic N) is 1. The minimum atomic E-state index is -0.129. The number of hydrogen-bond acceptors (Lipinski definition) is 3. The maximum Gasteiger partial charge on any atom is 0.0602 e. The molecule has 2 aromatic rings. The number of rotatable bonds is 6. The Balaban J connectivity index is 1.55. The summed E-state index contributed by atoms with van der Waals surface area (Å²) >= 11 is 0. The first-order valence-electron chi connectivity index (χ1n) is 9.04. The molecule has 0 saturated carbocycles. The molecule has 0 aromatic heterocycles. The molecule has 1 aliphatic rings. The van der Waals surface area contributed by atoms with Gasteiger partial charge in [0.25, 0.3) is 0 Å². The van der Waals surface area contributed by atoms with Crippen LogP contribution in [0.2, 0.25) is 0 Å². The van der Waals surface area contributed by atoms with E-state index in [4.69, 9.17) is 0 Å². The average Bonchev–Trinajstić information content (AvgIpc) is 2.61. The van der Waals surface area contributed by atoms with Crippen molar-refractivity contribution in [2.24, 2.45) is 0 Å². The Morgan fingerprint density at radius 3 is 2.54 bits per heavy atom. The van der Waals surface area contributed by atoms with Crippen LogP contribution in [-0.4, -0.2) is 30.8 Å². The van der Waals surface area contributed by atoms with Gasteiger partial charge in [0.05, 0.1) is 17.5 Å². The second kappa shape index (κ2) is 8.20. The standard InChI is InChI=1S/C21H28N2O/c1-17-7-2-3-8-18(17)9-6-14-22-20-10-4-5-11-21(20)23-15-12-19(24)13-16-23/h2-5,7-8,10-11,19,22,24H,6,9,12-16H2,1H3. The summed E-state index contributed by atoms with van der Waals surface area (Å²) in [5.41, 5.74) is 5.29. The van der Waals surface area contributed by atoms with Crippen molar-refractivity contribution in [1.29, 1.82) is 0 Å². The van der Waals surface area contributed by atoms with Crippen molar-refractivity contribution < 1.29 is 5.11 Å². The Morgan fingerprint density at radius 1 is 1.04 bits per heavy atom. The van der Waals surface area contributed by atoms with Gasteiger partial charge in [0.15, 0.2) is 0 Å². The molecule has 0 radical (unpaired) electrons. The van der Waals surface area contributed by atoms with E-state index in [9.17, 15) is 5.11 Å². The fourth-order valence-electron chi connectivity index (χ4n) is 3.40. The van der Waals surface area contributed by atoms with Crippen molar-refractivity contribution in [1.82, 2.24) is 0 Å². The SMILES string of the molecule is Cc1ccccc1CCCNc1ccccc1N1CCC(O)CC1. The van der Waals surface area contributed by atoms with Crippen LogP contribution in [0.1, 0.15) is 30.4 Å². The van der Waals surface area contributed by atoms with E-state index in [-0.39, 0.29) is 6.10 Å². The zero-order valence-corrected chi connectivity index (χ0v) is 14.5. The normalized spacial score (nSPS) is 15.5. The fraction of sp³-hybridized carbons (Fsp3) is 0.429. The lowest BCUT2D eigenvalue weighted by Gasteiger charge is -2.33. The number of piperidine rings is 1. The molecule has 1 fully saturated rings. The first-order chi connectivity index (χ1) is 11.7. The number of nitrogens with one attached hydrogen (secondary N) is 1. The van der Waals surface area contributed by atoms with Gasteiger partial charge in [-0.25, -0.2) is 0 Å². The Kier molecular flexibility index (Phi) is 5.76. The molecule has 1 heterocycles. The molecule has 3 heteroatoms. The summed E-state index contributed by atoms with van der Waals surface area (Å²) in [7, 11) is 0. The van der Waals surface area contributed by atoms with Gasteiger partial charge in [0, 0.05) is 19.6 Å². The third kappa shape index (κ3) is 4.30. The lowest BCUT2D eigenvalue weighted by molar-refractivity contribution is 0.145. The Hall–Kier alpha value is -2.00. The van der Waals surface area contributed by atoms with Crippen molar-refractivity contribution in [3.05, 3.63) is 59.7 Å². The Morgan fingerprint density at radius 2 is 1.75 bits per heavy atom. The summed E-state index contributed by atoms with van der Waals surface area (Å²) in [4.78, 5) is 2.39. The van der Waals surface area contributed by atoms with Gasteiger partial charge < -0.3 is 15.3 Å². The van der Waals surface area contributed by atoms with Gasteiger partial charge in [-0.1, -0.05) is 36.4 Å². The van der Waals surface area contributed by atoms with Crippen LogP contribution in [0.3, 0.4) is 0 Å². The van der Waals surface area contributed by atoms with E-state index in [1.54, 1.807) is 0 Å². The van der Waals surface area contributed by atoms with Crippen molar-refractivity contribution in [2.45, 2.75) is 38.7 Å². The van der Waals surface area contributed by atoms with Crippen LogP contribution in [0.4, 0.5) is 11.4 Å². The molecule has 3 nitrogen and oxygen atoms in total. The molecule has 0 amide bonds. The minimum Gasteiger partial charge on any atom is -0.393 e. The van der Waals surface area contributed by atoms with Crippen LogP contribution in [0.15, 0.2) is 48.5 Å². The number of aliphatic hydroxyl groups excluding tert-OH is 1. The predicted octanol–water partition coefficient (Wildman–Crippen LogP) is 4.00. The smallest absolute Gasteiger partial charge is 0.0602 e. The number of hydrogen-bond donors (Lipinski definition) is 2. The second-order valence-corrected chi connectivity index (χ2v) is 6.69. The Labute approximate surface area is 145 Å². The topological polar surface area (TPSA) is 35.5 Å². The van der Waals surface area contributed by atoms with Gasteiger partial charge >= 0.3 is 0 Å². The molecule has 2 aromatic carbocycles. The third-order valence-electron chi connectivity index (χ3n) is 4.91. The van der Waals surface area contributed by atoms with Gasteiger partial charge in [-0.3, -0.25) is 0 Å². The molecular formula is C21H28N2O. The van der Waals surface area contributed by atoms with Crippen molar-refractivity contribution in [3.8, 4) is 0 Å². The fourth-order valence-corrected chi connectivity index (χ4v) is 3.40. The maximum absolute atomic E-state index is 9.70. The van der Waals surface area contributed by atoms with E-state index in [0.29, 0.717) is 0 Å². The average molecular weight is 324 g/mol. The van der Waals surface area contributed by atoms with Crippen LogP contribution < -0.4 is 10.2 Å². The molecule has 128 valence electrons. The van der Waals surface area contributed by atoms with E-state index >= 15 is 0 Å². The molecule has 0 atom stereocenters. The van der Waals surface area contributed by atoms with Gasteiger partial charge in [0.2, 0.25) is 0 Å². The zero-order valence-electron chi connectivity index (χ0n) is 14.5. The van der Waals surface area contributed by atoms with E-state index in [0.717, 1.165) is 45.3 Å². The first kappa shape index (κ1) is 16.8. The first-order valence-corrected chi connectivity index (χ1v) is 9.04. The van der Waals surface area contributed by atoms with Crippen molar-refractivity contribution >= 4 is 11.4 Å². The highest BCUT2D eigenvalue weighted by Gasteiger charge is 2.18. The lowest BCUT2D eigenvalue weighted by atomic mass is 10.0. The quantitative estimate of drug-likeness (QED) is 0.788. The number of para-hydroxylation sites is 2. The van der Waals surface area contributed by atoms with Crippen LogP contribution in [-0.2, 0) is 6.42 Å². The summed E-state index contributed by atoms with van der Waals surface area (Å²) in [5, 5.41) is 13.3. The molecule has 2 N–H and O–H groups in total. The number of aryl methyl sites for hydroxylation is 2. The molecular weight excluding hydrogens is 296 g/mol. The van der Waals surface area contributed by atoms with Gasteiger partial charge in [-0.15, -0.1) is 0 Å². The summed E-state index contributed by atoms with van der Waals surface area (Å²) in [6, 6.07) is 17.2. The highest BCUT2D eigenvalue weighted by atomic mass is 16.3. The van der Waals surface area contributed by atoms with Gasteiger partial charge in [0.1, 0.15) is 0 Å². The monoisotopic (exact) mass is 324 g/mol. The largest absolute Gasteiger partial charge is 0.393 e. The van der Waals surface area contributed by atoms with E-state index in [2.05, 4.69) is 65.7 Å². The highest BCUT2D eigenvalue weighted by Crippen LogP contribution is 2.28. The molecule has 0 aliphatic carbocycles. The predicted molar refractivity (Wildman–Crippen MR) is 102 cm³/mol. The van der Waals surface area contributed by atoms with Crippen LogP contribution in [0.25, 0.3) is 0 Å². The van der Waals surface area contributed by atoms with E-state index < -0.39 is 0 Å². The number of benzene rings is 2. The lowest BCUT2D eigenvalue weighted by Crippen LogP contribution is -2.36. The summed E-state index contributed by atoms with van der Waals surface area (Å²) < 4.78 is 0. The minimum absolute atomic E-state index is 0.129. The van der Waals surface area contributed by atoms with Crippen molar-refractivity contribution in [3.63, 3.8) is 0 Å². The van der Waals surface area contributed by atoms with Gasteiger partial charge in [-0.2, -0.15) is 0 Å². The molecule has 24 heavy (non-hydrogen) atoms. The summed E-state index contributed by atoms with van der Waals surface area (Å²) in [6.45, 7) is 5.02. The summed E-state index contributed by atoms with van der Waals surface area (Å²) in [6.07, 6.45) is 3.83. The maximum atomic E-state index is 9.70. The van der Waals surface area contributed by atoms with E-state index in [1.807, 2.05) is 0 Å². The van der Waals surface area contributed by atoms with Crippen LogP contribution in [0.5, 0.6) is 0 Å². The van der Waals surface area contributed by atoms with Crippen LogP contribution in [0, 0.1) is 6.92 Å². The van der Waals surface area contributed by atoms with Gasteiger partial charge in [-0.05, 0) is 55.9 Å².